The Hall–Kier alpha value is -1.47. The lowest BCUT2D eigenvalue weighted by molar-refractivity contribution is -0.134. The monoisotopic (exact) mass is 244 g/mol. The summed E-state index contributed by atoms with van der Waals surface area (Å²) in [5, 5.41) is 8.34. The lowest BCUT2D eigenvalue weighted by Gasteiger charge is -2.03. The highest BCUT2D eigenvalue weighted by atomic mass is 32.2. The predicted octanol–water partition coefficient (Wildman–Crippen LogP) is -0.372. The highest BCUT2D eigenvalue weighted by Crippen LogP contribution is 1.96. The van der Waals surface area contributed by atoms with Crippen molar-refractivity contribution in [3.63, 3.8) is 0 Å². The van der Waals surface area contributed by atoms with Crippen LogP contribution in [0.25, 0.3) is 0 Å². The number of nitrogens with one attached hydrogen (secondary N) is 1. The first-order valence-corrected chi connectivity index (χ1v) is 6.23. The molecule has 0 fully saturated rings. The minimum atomic E-state index is -3.72. The van der Waals surface area contributed by atoms with E-state index < -0.39 is 21.7 Å². The van der Waals surface area contributed by atoms with Crippen molar-refractivity contribution in [2.24, 2.45) is 0 Å². The summed E-state index contributed by atoms with van der Waals surface area (Å²) in [6.45, 7) is 0.168. The van der Waals surface area contributed by atoms with Crippen molar-refractivity contribution in [2.45, 2.75) is 6.42 Å². The second kappa shape index (κ2) is 5.57. The third kappa shape index (κ3) is 4.85. The van der Waals surface area contributed by atoms with Crippen LogP contribution in [-0.2, 0) is 21.2 Å². The molecule has 0 atom stereocenters. The molecule has 0 unspecified atom stereocenters. The topological polar surface area (TPSA) is 96.4 Å². The van der Waals surface area contributed by atoms with Gasteiger partial charge in [0.15, 0.2) is 5.75 Å². The van der Waals surface area contributed by atoms with Crippen molar-refractivity contribution in [2.75, 3.05) is 12.3 Å². The van der Waals surface area contributed by atoms with Crippen molar-refractivity contribution in [3.05, 3.63) is 30.1 Å². The van der Waals surface area contributed by atoms with Gasteiger partial charge in [-0.25, -0.2) is 13.1 Å². The van der Waals surface area contributed by atoms with E-state index >= 15 is 0 Å². The highest BCUT2D eigenvalue weighted by molar-refractivity contribution is 7.90. The van der Waals surface area contributed by atoms with Gasteiger partial charge in [0.2, 0.25) is 10.0 Å². The lowest BCUT2D eigenvalue weighted by Crippen LogP contribution is -2.31. The predicted molar refractivity (Wildman–Crippen MR) is 57.4 cm³/mol. The first-order chi connectivity index (χ1) is 7.49. The van der Waals surface area contributed by atoms with Crippen LogP contribution in [0, 0.1) is 0 Å². The molecule has 2 N–H and O–H groups in total. The molecular weight excluding hydrogens is 232 g/mol. The molecule has 16 heavy (non-hydrogen) atoms. The molecule has 88 valence electrons. The summed E-state index contributed by atoms with van der Waals surface area (Å²) < 4.78 is 24.4. The lowest BCUT2D eigenvalue weighted by atomic mass is 10.2. The van der Waals surface area contributed by atoms with E-state index in [-0.39, 0.29) is 6.54 Å². The fourth-order valence-electron chi connectivity index (χ4n) is 1.11. The van der Waals surface area contributed by atoms with E-state index in [1.54, 1.807) is 18.5 Å². The Bertz CT molecular complexity index is 444. The Morgan fingerprint density at radius 2 is 2.25 bits per heavy atom. The minimum absolute atomic E-state index is 0.168. The number of aliphatic carboxylic acids is 1. The molecule has 0 aliphatic rings. The molecular formula is C9H12N2O4S. The van der Waals surface area contributed by atoms with E-state index in [1.807, 2.05) is 6.07 Å². The maximum atomic E-state index is 11.1. The van der Waals surface area contributed by atoms with Gasteiger partial charge in [-0.1, -0.05) is 6.07 Å². The molecule has 6 nitrogen and oxygen atoms in total. The van der Waals surface area contributed by atoms with Crippen molar-refractivity contribution < 1.29 is 18.3 Å². The van der Waals surface area contributed by atoms with E-state index in [0.717, 1.165) is 5.56 Å². The quantitative estimate of drug-likeness (QED) is 0.711. The summed E-state index contributed by atoms with van der Waals surface area (Å²) in [7, 11) is -3.72. The average Bonchev–Trinajstić information content (AvgIpc) is 2.16. The van der Waals surface area contributed by atoms with Crippen LogP contribution in [0.4, 0.5) is 0 Å². The maximum absolute atomic E-state index is 11.1. The minimum Gasteiger partial charge on any atom is -0.480 e. The number of carbonyl (C=O) groups is 1. The zero-order valence-corrected chi connectivity index (χ0v) is 9.27. The molecule has 0 amide bonds. The van der Waals surface area contributed by atoms with Crippen LogP contribution in [0.1, 0.15) is 5.56 Å². The van der Waals surface area contributed by atoms with Gasteiger partial charge < -0.3 is 5.11 Å². The Labute approximate surface area is 93.4 Å². The summed E-state index contributed by atoms with van der Waals surface area (Å²) >= 11 is 0. The molecule has 0 aromatic carbocycles. The fraction of sp³-hybridized carbons (Fsp3) is 0.333. The van der Waals surface area contributed by atoms with Gasteiger partial charge in [0.1, 0.15) is 0 Å². The first-order valence-electron chi connectivity index (χ1n) is 4.57. The molecule has 1 heterocycles. The molecule has 0 spiro atoms. The van der Waals surface area contributed by atoms with Crippen LogP contribution in [0.15, 0.2) is 24.5 Å². The smallest absolute Gasteiger partial charge is 0.320 e. The number of nitrogens with zero attached hydrogens (tertiary/aromatic N) is 1. The summed E-state index contributed by atoms with van der Waals surface area (Å²) in [4.78, 5) is 14.1. The second-order valence-corrected chi connectivity index (χ2v) is 4.97. The third-order valence-corrected chi connectivity index (χ3v) is 3.04. The van der Waals surface area contributed by atoms with E-state index in [9.17, 15) is 13.2 Å². The molecule has 0 saturated carbocycles. The van der Waals surface area contributed by atoms with E-state index in [0.29, 0.717) is 6.42 Å². The number of carboxylic acids is 1. The first kappa shape index (κ1) is 12.6. The second-order valence-electron chi connectivity index (χ2n) is 3.16. The van der Waals surface area contributed by atoms with Crippen LogP contribution < -0.4 is 4.72 Å². The summed E-state index contributed by atoms with van der Waals surface area (Å²) in [5.74, 6) is -2.27. The molecule has 0 bridgehead atoms. The van der Waals surface area contributed by atoms with E-state index in [1.165, 1.54) is 0 Å². The largest absolute Gasteiger partial charge is 0.480 e. The molecule has 7 heteroatoms. The molecule has 0 saturated heterocycles. The van der Waals surface area contributed by atoms with Crippen molar-refractivity contribution in [1.29, 1.82) is 0 Å². The molecule has 0 aliphatic carbocycles. The number of hydrogen-bond donors (Lipinski definition) is 2. The van der Waals surface area contributed by atoms with Gasteiger partial charge in [-0.2, -0.15) is 0 Å². The summed E-state index contributed by atoms with van der Waals surface area (Å²) in [6, 6.07) is 3.57. The average molecular weight is 244 g/mol. The van der Waals surface area contributed by atoms with Gasteiger partial charge in [0.25, 0.3) is 0 Å². The van der Waals surface area contributed by atoms with Gasteiger partial charge in [-0.05, 0) is 18.1 Å². The van der Waals surface area contributed by atoms with E-state index in [2.05, 4.69) is 9.71 Å². The van der Waals surface area contributed by atoms with Crippen LogP contribution in [0.2, 0.25) is 0 Å². The number of rotatable bonds is 6. The van der Waals surface area contributed by atoms with E-state index in [4.69, 9.17) is 5.11 Å². The number of pyridine rings is 1. The molecule has 1 aromatic heterocycles. The van der Waals surface area contributed by atoms with Gasteiger partial charge in [-0.15, -0.1) is 0 Å². The van der Waals surface area contributed by atoms with Gasteiger partial charge in [-0.3, -0.25) is 9.78 Å². The Morgan fingerprint density at radius 3 is 2.81 bits per heavy atom. The maximum Gasteiger partial charge on any atom is 0.320 e. The van der Waals surface area contributed by atoms with Crippen molar-refractivity contribution in [1.82, 2.24) is 9.71 Å². The van der Waals surface area contributed by atoms with Gasteiger partial charge in [0, 0.05) is 18.9 Å². The van der Waals surface area contributed by atoms with Crippen molar-refractivity contribution >= 4 is 16.0 Å². The van der Waals surface area contributed by atoms with Gasteiger partial charge in [0.05, 0.1) is 0 Å². The van der Waals surface area contributed by atoms with Crippen LogP contribution in [0.3, 0.4) is 0 Å². The molecule has 1 aromatic rings. The summed E-state index contributed by atoms with van der Waals surface area (Å²) in [6.07, 6.45) is 3.73. The Balaban J connectivity index is 2.39. The molecule has 0 aliphatic heterocycles. The fourth-order valence-corrected chi connectivity index (χ4v) is 1.95. The molecule has 0 radical (unpaired) electrons. The Kier molecular flexibility index (Phi) is 4.39. The zero-order valence-electron chi connectivity index (χ0n) is 8.46. The SMILES string of the molecule is O=C(O)CS(=O)(=O)NCCc1cccnc1. The van der Waals surface area contributed by atoms with Crippen LogP contribution >= 0.6 is 0 Å². The van der Waals surface area contributed by atoms with Crippen LogP contribution in [0.5, 0.6) is 0 Å². The number of carboxylic acid groups (broad SMARTS) is 1. The normalized spacial score (nSPS) is 11.2. The number of hydrogen-bond acceptors (Lipinski definition) is 4. The number of sulfonamides is 1. The van der Waals surface area contributed by atoms with Crippen molar-refractivity contribution in [3.8, 4) is 0 Å². The standard InChI is InChI=1S/C9H12N2O4S/c12-9(13)7-16(14,15)11-5-3-8-2-1-4-10-6-8/h1-2,4,6,11H,3,5,7H2,(H,12,13). The number of aromatic nitrogens is 1. The Morgan fingerprint density at radius 1 is 1.50 bits per heavy atom. The van der Waals surface area contributed by atoms with Crippen LogP contribution in [-0.4, -0.2) is 36.8 Å². The molecule has 1 rings (SSSR count). The highest BCUT2D eigenvalue weighted by Gasteiger charge is 2.14. The summed E-state index contributed by atoms with van der Waals surface area (Å²) in [5.41, 5.74) is 0.889. The third-order valence-electron chi connectivity index (χ3n) is 1.77. The zero-order chi connectivity index (χ0) is 12.0. The van der Waals surface area contributed by atoms with Gasteiger partial charge >= 0.3 is 5.97 Å².